The van der Waals surface area contributed by atoms with Crippen LogP contribution >= 0.6 is 0 Å². The predicted octanol–water partition coefficient (Wildman–Crippen LogP) is 4.26. The van der Waals surface area contributed by atoms with E-state index in [-0.39, 0.29) is 22.9 Å². The second kappa shape index (κ2) is 5.35. The number of alkyl halides is 3. The number of halogens is 3. The maximum atomic E-state index is 12.4. The molecule has 1 aliphatic carbocycles. The van der Waals surface area contributed by atoms with Crippen LogP contribution in [0, 0.1) is 11.3 Å². The Bertz CT molecular complexity index is 508. The van der Waals surface area contributed by atoms with E-state index in [0.717, 1.165) is 25.0 Å². The van der Waals surface area contributed by atoms with E-state index in [1.54, 1.807) is 0 Å². The van der Waals surface area contributed by atoms with Crippen molar-refractivity contribution in [1.29, 1.82) is 0 Å². The molecule has 2 rings (SSSR count). The van der Waals surface area contributed by atoms with Gasteiger partial charge in [-0.1, -0.05) is 20.8 Å². The molecule has 1 saturated carbocycles. The second-order valence-corrected chi connectivity index (χ2v) is 6.78. The Morgan fingerprint density at radius 3 is 2.05 bits per heavy atom. The van der Waals surface area contributed by atoms with E-state index < -0.39 is 11.7 Å². The molecule has 1 fully saturated rings. The Morgan fingerprint density at radius 2 is 1.62 bits per heavy atom. The third-order valence-corrected chi connectivity index (χ3v) is 4.17. The lowest BCUT2D eigenvalue weighted by Gasteiger charge is -2.43. The van der Waals surface area contributed by atoms with E-state index in [1.165, 1.54) is 12.1 Å². The fourth-order valence-electron chi connectivity index (χ4n) is 2.52. The molecule has 0 saturated heterocycles. The van der Waals surface area contributed by atoms with Crippen LogP contribution in [0.25, 0.3) is 0 Å². The van der Waals surface area contributed by atoms with Crippen LogP contribution in [0.2, 0.25) is 0 Å². The van der Waals surface area contributed by atoms with Crippen LogP contribution in [0.5, 0.6) is 0 Å². The molecule has 0 aliphatic heterocycles. The van der Waals surface area contributed by atoms with Gasteiger partial charge in [-0.25, -0.2) is 0 Å². The van der Waals surface area contributed by atoms with E-state index in [2.05, 4.69) is 26.1 Å². The molecule has 116 valence electrons. The predicted molar refractivity (Wildman–Crippen MR) is 74.9 cm³/mol. The van der Waals surface area contributed by atoms with Crippen molar-refractivity contribution in [2.45, 2.75) is 45.8 Å². The molecule has 1 aromatic carbocycles. The fraction of sp³-hybridized carbons (Fsp3) is 0.562. The minimum Gasteiger partial charge on any atom is -0.349 e. The maximum absolute atomic E-state index is 12.4. The number of benzene rings is 1. The first-order valence-corrected chi connectivity index (χ1v) is 7.05. The largest absolute Gasteiger partial charge is 0.416 e. The van der Waals surface area contributed by atoms with Gasteiger partial charge in [0.1, 0.15) is 0 Å². The van der Waals surface area contributed by atoms with Crippen molar-refractivity contribution < 1.29 is 18.0 Å². The summed E-state index contributed by atoms with van der Waals surface area (Å²) in [6, 6.07) is 4.45. The van der Waals surface area contributed by atoms with Gasteiger partial charge in [-0.05, 0) is 48.4 Å². The average molecular weight is 299 g/mol. The summed E-state index contributed by atoms with van der Waals surface area (Å²) < 4.78 is 37.3. The summed E-state index contributed by atoms with van der Waals surface area (Å²) in [5.74, 6) is 0.275. The van der Waals surface area contributed by atoms with E-state index in [1.807, 2.05) is 0 Å². The van der Waals surface area contributed by atoms with E-state index in [4.69, 9.17) is 0 Å². The molecule has 5 heteroatoms. The van der Waals surface area contributed by atoms with Crippen LogP contribution in [-0.2, 0) is 6.18 Å². The molecule has 1 amide bonds. The van der Waals surface area contributed by atoms with Crippen molar-refractivity contribution in [3.63, 3.8) is 0 Å². The molecule has 0 atom stereocenters. The lowest BCUT2D eigenvalue weighted by Crippen LogP contribution is -2.48. The van der Waals surface area contributed by atoms with Gasteiger partial charge in [-0.15, -0.1) is 0 Å². The molecule has 1 aliphatic rings. The molecule has 0 unspecified atom stereocenters. The molecule has 21 heavy (non-hydrogen) atoms. The van der Waals surface area contributed by atoms with Crippen molar-refractivity contribution in [3.05, 3.63) is 35.4 Å². The molecule has 1 aromatic rings. The molecule has 2 nitrogen and oxygen atoms in total. The zero-order valence-electron chi connectivity index (χ0n) is 12.4. The first-order valence-electron chi connectivity index (χ1n) is 7.05. The standard InChI is InChI=1S/C16H20F3NO/c1-15(2,3)12-8-13(9-12)20-14(21)10-4-6-11(7-5-10)16(17,18)19/h4-7,12-13H,8-9H2,1-3H3,(H,20,21). The third-order valence-electron chi connectivity index (χ3n) is 4.17. The zero-order valence-corrected chi connectivity index (χ0v) is 12.4. The highest BCUT2D eigenvalue weighted by Crippen LogP contribution is 2.41. The molecular weight excluding hydrogens is 279 g/mol. The minimum absolute atomic E-state index is 0.129. The summed E-state index contributed by atoms with van der Waals surface area (Å²) in [6.07, 6.45) is -2.52. The highest BCUT2D eigenvalue weighted by atomic mass is 19.4. The van der Waals surface area contributed by atoms with Crippen LogP contribution in [-0.4, -0.2) is 11.9 Å². The van der Waals surface area contributed by atoms with Crippen molar-refractivity contribution in [3.8, 4) is 0 Å². The Morgan fingerprint density at radius 1 is 1.10 bits per heavy atom. The van der Waals surface area contributed by atoms with Gasteiger partial charge >= 0.3 is 6.18 Å². The Kier molecular flexibility index (Phi) is 4.04. The number of carbonyl (C=O) groups is 1. The van der Waals surface area contributed by atoms with Gasteiger partial charge in [0.25, 0.3) is 5.91 Å². The second-order valence-electron chi connectivity index (χ2n) is 6.78. The highest BCUT2D eigenvalue weighted by molar-refractivity contribution is 5.94. The van der Waals surface area contributed by atoms with Gasteiger partial charge in [0.15, 0.2) is 0 Å². The van der Waals surface area contributed by atoms with Gasteiger partial charge < -0.3 is 5.32 Å². The molecule has 0 aromatic heterocycles. The number of hydrogen-bond acceptors (Lipinski definition) is 1. The first kappa shape index (κ1) is 15.9. The first-order chi connectivity index (χ1) is 9.57. The smallest absolute Gasteiger partial charge is 0.349 e. The van der Waals surface area contributed by atoms with Crippen LogP contribution in [0.1, 0.15) is 49.5 Å². The van der Waals surface area contributed by atoms with E-state index >= 15 is 0 Å². The van der Waals surface area contributed by atoms with Crippen molar-refractivity contribution in [2.75, 3.05) is 0 Å². The molecule has 0 radical (unpaired) electrons. The van der Waals surface area contributed by atoms with Crippen LogP contribution in [0.15, 0.2) is 24.3 Å². The van der Waals surface area contributed by atoms with Crippen molar-refractivity contribution in [2.24, 2.45) is 11.3 Å². The zero-order chi connectivity index (χ0) is 15.8. The third kappa shape index (κ3) is 3.77. The summed E-state index contributed by atoms with van der Waals surface area (Å²) >= 11 is 0. The monoisotopic (exact) mass is 299 g/mol. The molecule has 0 bridgehead atoms. The quantitative estimate of drug-likeness (QED) is 0.868. The Labute approximate surface area is 122 Å². The van der Waals surface area contributed by atoms with Crippen LogP contribution < -0.4 is 5.32 Å². The summed E-state index contributed by atoms with van der Waals surface area (Å²) in [4.78, 5) is 12.0. The van der Waals surface area contributed by atoms with Gasteiger partial charge in [0.2, 0.25) is 0 Å². The number of amides is 1. The SMILES string of the molecule is CC(C)(C)C1CC(NC(=O)c2ccc(C(F)(F)F)cc2)C1. The molecule has 0 spiro atoms. The van der Waals surface area contributed by atoms with Crippen LogP contribution in [0.3, 0.4) is 0 Å². The van der Waals surface area contributed by atoms with Gasteiger partial charge in [-0.2, -0.15) is 13.2 Å². The van der Waals surface area contributed by atoms with E-state index in [9.17, 15) is 18.0 Å². The van der Waals surface area contributed by atoms with Crippen molar-refractivity contribution >= 4 is 5.91 Å². The summed E-state index contributed by atoms with van der Waals surface area (Å²) in [6.45, 7) is 6.52. The van der Waals surface area contributed by atoms with E-state index in [0.29, 0.717) is 5.92 Å². The molecule has 1 N–H and O–H groups in total. The summed E-state index contributed by atoms with van der Waals surface area (Å²) in [5, 5.41) is 2.87. The van der Waals surface area contributed by atoms with Crippen molar-refractivity contribution in [1.82, 2.24) is 5.32 Å². The topological polar surface area (TPSA) is 29.1 Å². The van der Waals surface area contributed by atoms with Gasteiger partial charge in [0, 0.05) is 11.6 Å². The normalized spacial score (nSPS) is 22.6. The fourth-order valence-corrected chi connectivity index (χ4v) is 2.52. The molecule has 0 heterocycles. The highest BCUT2D eigenvalue weighted by Gasteiger charge is 2.38. The summed E-state index contributed by atoms with van der Waals surface area (Å²) in [5.41, 5.74) is -0.243. The Hall–Kier alpha value is -1.52. The number of carbonyl (C=O) groups excluding carboxylic acids is 1. The van der Waals surface area contributed by atoms with Crippen LogP contribution in [0.4, 0.5) is 13.2 Å². The number of nitrogens with one attached hydrogen (secondary N) is 1. The maximum Gasteiger partial charge on any atom is 0.416 e. The summed E-state index contributed by atoms with van der Waals surface area (Å²) in [7, 11) is 0. The number of rotatable bonds is 2. The average Bonchev–Trinajstić information content (AvgIpc) is 2.30. The Balaban J connectivity index is 1.91. The lowest BCUT2D eigenvalue weighted by atomic mass is 9.66. The minimum atomic E-state index is -4.37. The van der Waals surface area contributed by atoms with Gasteiger partial charge in [0.05, 0.1) is 5.56 Å². The van der Waals surface area contributed by atoms with Gasteiger partial charge in [-0.3, -0.25) is 4.79 Å². The molecular formula is C16H20F3NO. The lowest BCUT2D eigenvalue weighted by molar-refractivity contribution is -0.137. The number of hydrogen-bond donors (Lipinski definition) is 1.